The Labute approximate surface area is 114 Å². The van der Waals surface area contributed by atoms with Crippen LogP contribution in [0.25, 0.3) is 0 Å². The van der Waals surface area contributed by atoms with Gasteiger partial charge in [0.15, 0.2) is 0 Å². The van der Waals surface area contributed by atoms with Gasteiger partial charge in [-0.25, -0.2) is 4.39 Å². The quantitative estimate of drug-likeness (QED) is 0.899. The van der Waals surface area contributed by atoms with Crippen molar-refractivity contribution in [3.63, 3.8) is 0 Å². The lowest BCUT2D eigenvalue weighted by Crippen LogP contribution is -2.19. The lowest BCUT2D eigenvalue weighted by Gasteiger charge is -2.23. The summed E-state index contributed by atoms with van der Waals surface area (Å²) in [5.74, 6) is 2.77. The summed E-state index contributed by atoms with van der Waals surface area (Å²) in [6.45, 7) is 2.61. The molecule has 2 nitrogen and oxygen atoms in total. The summed E-state index contributed by atoms with van der Waals surface area (Å²) in [6, 6.07) is 4.51. The van der Waals surface area contributed by atoms with E-state index in [-0.39, 0.29) is 11.9 Å². The summed E-state index contributed by atoms with van der Waals surface area (Å²) in [6.07, 6.45) is 5.40. The van der Waals surface area contributed by atoms with E-state index in [2.05, 4.69) is 0 Å². The summed E-state index contributed by atoms with van der Waals surface area (Å²) in [4.78, 5) is 0. The predicted octanol–water partition coefficient (Wildman–Crippen LogP) is 3.66. The SMILES string of the molecule is C[C@H](N)c1ccc(F)cc1OCC1CC2CCC1C2. The molecule has 19 heavy (non-hydrogen) atoms. The minimum absolute atomic E-state index is 0.129. The van der Waals surface area contributed by atoms with E-state index < -0.39 is 0 Å². The van der Waals surface area contributed by atoms with Crippen LogP contribution in [0.3, 0.4) is 0 Å². The molecule has 0 spiro atoms. The van der Waals surface area contributed by atoms with Crippen LogP contribution in [-0.2, 0) is 0 Å². The van der Waals surface area contributed by atoms with Crippen LogP contribution in [0.2, 0.25) is 0 Å². The van der Waals surface area contributed by atoms with E-state index in [1.54, 1.807) is 6.07 Å². The molecule has 0 aliphatic heterocycles. The van der Waals surface area contributed by atoms with Gasteiger partial charge in [0.25, 0.3) is 0 Å². The normalized spacial score (nSPS) is 30.6. The Balaban J connectivity index is 1.67. The molecule has 2 aliphatic carbocycles. The second-order valence-corrected chi connectivity index (χ2v) is 6.22. The average Bonchev–Trinajstić information content (AvgIpc) is 2.98. The van der Waals surface area contributed by atoms with Crippen LogP contribution >= 0.6 is 0 Å². The molecule has 3 unspecified atom stereocenters. The van der Waals surface area contributed by atoms with Gasteiger partial charge in [-0.05, 0) is 50.0 Å². The van der Waals surface area contributed by atoms with Crippen molar-refractivity contribution in [2.24, 2.45) is 23.5 Å². The molecular weight excluding hydrogens is 241 g/mol. The summed E-state index contributed by atoms with van der Waals surface area (Å²) < 4.78 is 19.2. The van der Waals surface area contributed by atoms with Crippen LogP contribution in [0.15, 0.2) is 18.2 Å². The maximum atomic E-state index is 13.3. The Morgan fingerprint density at radius 2 is 2.21 bits per heavy atom. The fourth-order valence-corrected chi connectivity index (χ4v) is 3.79. The molecule has 2 aliphatic rings. The van der Waals surface area contributed by atoms with Gasteiger partial charge in [-0.2, -0.15) is 0 Å². The van der Waals surface area contributed by atoms with E-state index in [9.17, 15) is 4.39 Å². The number of hydrogen-bond acceptors (Lipinski definition) is 2. The third-order valence-corrected chi connectivity index (χ3v) is 4.80. The molecule has 0 saturated heterocycles. The van der Waals surface area contributed by atoms with Gasteiger partial charge in [0.1, 0.15) is 11.6 Å². The molecule has 1 aromatic carbocycles. The maximum absolute atomic E-state index is 13.3. The zero-order chi connectivity index (χ0) is 13.4. The number of halogens is 1. The minimum atomic E-state index is -0.257. The van der Waals surface area contributed by atoms with Crippen molar-refractivity contribution in [3.8, 4) is 5.75 Å². The summed E-state index contributed by atoms with van der Waals surface area (Å²) >= 11 is 0. The lowest BCUT2D eigenvalue weighted by molar-refractivity contribution is 0.193. The largest absolute Gasteiger partial charge is 0.493 e. The smallest absolute Gasteiger partial charge is 0.126 e. The molecule has 2 fully saturated rings. The second kappa shape index (κ2) is 5.12. The van der Waals surface area contributed by atoms with Crippen LogP contribution in [0, 0.1) is 23.6 Å². The van der Waals surface area contributed by atoms with Crippen LogP contribution in [0.5, 0.6) is 5.75 Å². The number of hydrogen-bond donors (Lipinski definition) is 1. The number of rotatable bonds is 4. The number of fused-ring (bicyclic) bond motifs is 2. The zero-order valence-corrected chi connectivity index (χ0v) is 11.4. The van der Waals surface area contributed by atoms with E-state index in [4.69, 9.17) is 10.5 Å². The first kappa shape index (κ1) is 12.9. The molecule has 104 valence electrons. The van der Waals surface area contributed by atoms with Gasteiger partial charge in [-0.15, -0.1) is 0 Å². The monoisotopic (exact) mass is 263 g/mol. The fourth-order valence-electron chi connectivity index (χ4n) is 3.79. The molecule has 3 rings (SSSR count). The first-order valence-electron chi connectivity index (χ1n) is 7.31. The van der Waals surface area contributed by atoms with E-state index in [0.29, 0.717) is 18.3 Å². The Hall–Kier alpha value is -1.09. The topological polar surface area (TPSA) is 35.2 Å². The molecular formula is C16H22FNO. The zero-order valence-electron chi connectivity index (χ0n) is 11.4. The van der Waals surface area contributed by atoms with E-state index in [1.807, 2.05) is 6.92 Å². The van der Waals surface area contributed by atoms with Gasteiger partial charge < -0.3 is 10.5 Å². The molecule has 0 amide bonds. The highest BCUT2D eigenvalue weighted by Gasteiger charge is 2.39. The molecule has 3 heteroatoms. The van der Waals surface area contributed by atoms with Crippen molar-refractivity contribution in [1.82, 2.24) is 0 Å². The Kier molecular flexibility index (Phi) is 3.48. The van der Waals surface area contributed by atoms with Crippen LogP contribution < -0.4 is 10.5 Å². The number of ether oxygens (including phenoxy) is 1. The molecule has 0 radical (unpaired) electrons. The number of benzene rings is 1. The standard InChI is InChI=1S/C16H22FNO/c1-10(18)15-5-4-14(17)8-16(15)19-9-13-7-11-2-3-12(13)6-11/h4-5,8,10-13H,2-3,6-7,9,18H2,1H3/t10-,11?,12?,13?/m0/s1. The maximum Gasteiger partial charge on any atom is 0.126 e. The molecule has 2 bridgehead atoms. The second-order valence-electron chi connectivity index (χ2n) is 6.22. The highest BCUT2D eigenvalue weighted by atomic mass is 19.1. The van der Waals surface area contributed by atoms with E-state index in [1.165, 1.54) is 37.8 Å². The van der Waals surface area contributed by atoms with Gasteiger partial charge in [0.05, 0.1) is 6.61 Å². The Bertz CT molecular complexity index is 460. The first-order valence-corrected chi connectivity index (χ1v) is 7.31. The van der Waals surface area contributed by atoms with Crippen molar-refractivity contribution in [2.75, 3.05) is 6.61 Å². The van der Waals surface area contributed by atoms with Crippen molar-refractivity contribution in [3.05, 3.63) is 29.6 Å². The molecule has 0 heterocycles. The molecule has 4 atom stereocenters. The highest BCUT2D eigenvalue weighted by molar-refractivity contribution is 5.36. The van der Waals surface area contributed by atoms with Crippen molar-refractivity contribution < 1.29 is 9.13 Å². The van der Waals surface area contributed by atoms with Crippen molar-refractivity contribution in [1.29, 1.82) is 0 Å². The third kappa shape index (κ3) is 2.62. The van der Waals surface area contributed by atoms with Gasteiger partial charge in [-0.1, -0.05) is 12.5 Å². The van der Waals surface area contributed by atoms with Crippen molar-refractivity contribution >= 4 is 0 Å². The molecule has 2 N–H and O–H groups in total. The number of nitrogens with two attached hydrogens (primary N) is 1. The van der Waals surface area contributed by atoms with Crippen LogP contribution in [0.1, 0.15) is 44.2 Å². The van der Waals surface area contributed by atoms with Gasteiger partial charge in [-0.3, -0.25) is 0 Å². The van der Waals surface area contributed by atoms with Gasteiger partial charge in [0, 0.05) is 17.7 Å². The van der Waals surface area contributed by atoms with Crippen molar-refractivity contribution in [2.45, 2.75) is 38.6 Å². The Morgan fingerprint density at radius 3 is 2.84 bits per heavy atom. The van der Waals surface area contributed by atoms with Crippen LogP contribution in [-0.4, -0.2) is 6.61 Å². The first-order chi connectivity index (χ1) is 9.13. The molecule has 1 aromatic rings. The predicted molar refractivity (Wildman–Crippen MR) is 73.4 cm³/mol. The fraction of sp³-hybridized carbons (Fsp3) is 0.625. The molecule has 2 saturated carbocycles. The minimum Gasteiger partial charge on any atom is -0.493 e. The summed E-state index contributed by atoms with van der Waals surface area (Å²) in [5.41, 5.74) is 6.80. The third-order valence-electron chi connectivity index (χ3n) is 4.80. The average molecular weight is 263 g/mol. The summed E-state index contributed by atoms with van der Waals surface area (Å²) in [7, 11) is 0. The Morgan fingerprint density at radius 1 is 1.37 bits per heavy atom. The van der Waals surface area contributed by atoms with E-state index in [0.717, 1.165) is 17.4 Å². The lowest BCUT2D eigenvalue weighted by atomic mass is 9.89. The van der Waals surface area contributed by atoms with Crippen LogP contribution in [0.4, 0.5) is 4.39 Å². The van der Waals surface area contributed by atoms with Gasteiger partial charge in [0.2, 0.25) is 0 Å². The van der Waals surface area contributed by atoms with Gasteiger partial charge >= 0.3 is 0 Å². The molecule has 0 aromatic heterocycles. The van der Waals surface area contributed by atoms with E-state index >= 15 is 0 Å². The highest BCUT2D eigenvalue weighted by Crippen LogP contribution is 2.48. The summed E-state index contributed by atoms with van der Waals surface area (Å²) in [5, 5.41) is 0.